The lowest BCUT2D eigenvalue weighted by Gasteiger charge is -2.31. The normalized spacial score (nSPS) is 21.2. The van der Waals surface area contributed by atoms with E-state index in [-0.39, 0.29) is 24.2 Å². The fourth-order valence-corrected chi connectivity index (χ4v) is 3.14. The summed E-state index contributed by atoms with van der Waals surface area (Å²) in [5, 5.41) is 13.5. The number of hydrogen-bond acceptors (Lipinski definition) is 3. The van der Waals surface area contributed by atoms with Crippen LogP contribution in [0.5, 0.6) is 0 Å². The van der Waals surface area contributed by atoms with E-state index in [0.29, 0.717) is 17.7 Å². The zero-order valence-corrected chi connectivity index (χ0v) is 13.3. The predicted molar refractivity (Wildman–Crippen MR) is 85.8 cm³/mol. The number of carbonyl (C=O) groups is 1. The molecule has 1 atom stereocenters. The molecule has 2 aliphatic rings. The van der Waals surface area contributed by atoms with Gasteiger partial charge in [-0.3, -0.25) is 9.89 Å². The van der Waals surface area contributed by atoms with Gasteiger partial charge in [-0.15, -0.1) is 12.4 Å². The Bertz CT molecular complexity index is 466. The van der Waals surface area contributed by atoms with Gasteiger partial charge in [0.25, 0.3) is 0 Å². The molecule has 2 heterocycles. The fourth-order valence-electron chi connectivity index (χ4n) is 3.14. The quantitative estimate of drug-likeness (QED) is 0.800. The van der Waals surface area contributed by atoms with Crippen LogP contribution in [0.15, 0.2) is 6.07 Å². The third-order valence-electron chi connectivity index (χ3n) is 4.83. The van der Waals surface area contributed by atoms with Gasteiger partial charge in [0.15, 0.2) is 5.82 Å². The van der Waals surface area contributed by atoms with Gasteiger partial charge in [0.1, 0.15) is 0 Å². The minimum absolute atomic E-state index is 0. The number of nitrogens with one attached hydrogen (secondary N) is 3. The number of nitrogens with zero attached hydrogens (tertiary/aromatic N) is 1. The molecule has 2 fully saturated rings. The first kappa shape index (κ1) is 16.3. The van der Waals surface area contributed by atoms with E-state index in [1.54, 1.807) is 0 Å². The number of amides is 1. The summed E-state index contributed by atoms with van der Waals surface area (Å²) in [6.07, 6.45) is 6.43. The van der Waals surface area contributed by atoms with E-state index >= 15 is 0 Å². The molecule has 1 aliphatic carbocycles. The Kier molecular flexibility index (Phi) is 5.65. The van der Waals surface area contributed by atoms with Gasteiger partial charge in [0.2, 0.25) is 5.91 Å². The van der Waals surface area contributed by atoms with Crippen LogP contribution >= 0.6 is 12.4 Å². The van der Waals surface area contributed by atoms with Crippen LogP contribution in [0.3, 0.4) is 0 Å². The molecule has 1 aromatic heterocycles. The molecule has 21 heavy (non-hydrogen) atoms. The van der Waals surface area contributed by atoms with Crippen molar-refractivity contribution in [3.63, 3.8) is 0 Å². The molecule has 1 aromatic rings. The molecule has 0 bridgehead atoms. The van der Waals surface area contributed by atoms with Crippen molar-refractivity contribution in [3.8, 4) is 0 Å². The van der Waals surface area contributed by atoms with E-state index in [4.69, 9.17) is 0 Å². The van der Waals surface area contributed by atoms with Crippen molar-refractivity contribution in [2.45, 2.75) is 44.9 Å². The Hall–Kier alpha value is -1.07. The third-order valence-corrected chi connectivity index (χ3v) is 4.83. The van der Waals surface area contributed by atoms with Gasteiger partial charge in [-0.1, -0.05) is 26.2 Å². The molecule has 3 N–H and O–H groups in total. The van der Waals surface area contributed by atoms with Gasteiger partial charge in [-0.05, 0) is 31.8 Å². The minimum atomic E-state index is 0. The van der Waals surface area contributed by atoms with Gasteiger partial charge in [0.05, 0.1) is 0 Å². The van der Waals surface area contributed by atoms with Crippen LogP contribution in [0.2, 0.25) is 0 Å². The Labute approximate surface area is 132 Å². The highest BCUT2D eigenvalue weighted by molar-refractivity contribution is 5.91. The van der Waals surface area contributed by atoms with Crippen molar-refractivity contribution in [2.24, 2.45) is 11.8 Å². The highest BCUT2D eigenvalue weighted by Gasteiger charge is 2.29. The van der Waals surface area contributed by atoms with Crippen LogP contribution in [-0.2, 0) is 4.79 Å². The first-order valence-electron chi connectivity index (χ1n) is 7.81. The van der Waals surface area contributed by atoms with E-state index in [2.05, 4.69) is 20.8 Å². The molecule has 6 heteroatoms. The van der Waals surface area contributed by atoms with Crippen molar-refractivity contribution in [2.75, 3.05) is 18.4 Å². The molecular weight excluding hydrogens is 288 g/mol. The fraction of sp³-hybridized carbons (Fsp3) is 0.733. The number of carbonyl (C=O) groups excluding carboxylic acids is 1. The second-order valence-corrected chi connectivity index (χ2v) is 6.24. The Morgan fingerprint density at radius 2 is 2.05 bits per heavy atom. The third kappa shape index (κ3) is 3.77. The second-order valence-electron chi connectivity index (χ2n) is 6.24. The Morgan fingerprint density at radius 3 is 2.67 bits per heavy atom. The standard InChI is InChI=1S/C15H24N4O.ClH/c1-10(12-8-16-9-12)15(20)17-14-7-13(18-19-14)11-5-3-2-4-6-11;/h7,10-12,16H,2-6,8-9H2,1H3,(H2,17,18,19,20);1H. The van der Waals surface area contributed by atoms with Gasteiger partial charge in [-0.25, -0.2) is 0 Å². The van der Waals surface area contributed by atoms with Crippen molar-refractivity contribution >= 4 is 24.1 Å². The minimum Gasteiger partial charge on any atom is -0.316 e. The van der Waals surface area contributed by atoms with Crippen LogP contribution in [0.25, 0.3) is 0 Å². The number of aromatic amines is 1. The number of anilines is 1. The van der Waals surface area contributed by atoms with E-state index in [9.17, 15) is 4.79 Å². The summed E-state index contributed by atoms with van der Waals surface area (Å²) in [5.74, 6) is 1.86. The number of hydrogen-bond donors (Lipinski definition) is 3. The summed E-state index contributed by atoms with van der Waals surface area (Å²) in [6.45, 7) is 3.89. The van der Waals surface area contributed by atoms with Crippen molar-refractivity contribution in [1.82, 2.24) is 15.5 Å². The van der Waals surface area contributed by atoms with Gasteiger partial charge >= 0.3 is 0 Å². The maximum Gasteiger partial charge on any atom is 0.228 e. The molecule has 3 rings (SSSR count). The lowest BCUT2D eigenvalue weighted by atomic mass is 9.87. The number of aromatic nitrogens is 2. The van der Waals surface area contributed by atoms with Crippen molar-refractivity contribution < 1.29 is 4.79 Å². The van der Waals surface area contributed by atoms with Crippen LogP contribution in [0, 0.1) is 11.8 Å². The summed E-state index contributed by atoms with van der Waals surface area (Å²) in [5.41, 5.74) is 1.18. The number of halogens is 1. The maximum absolute atomic E-state index is 12.1. The Balaban J connectivity index is 0.00000161. The summed E-state index contributed by atoms with van der Waals surface area (Å²) in [7, 11) is 0. The number of H-pyrrole nitrogens is 1. The first-order chi connectivity index (χ1) is 9.74. The smallest absolute Gasteiger partial charge is 0.228 e. The molecule has 1 saturated carbocycles. The summed E-state index contributed by atoms with van der Waals surface area (Å²) in [6, 6.07) is 2.01. The lowest BCUT2D eigenvalue weighted by Crippen LogP contribution is -2.48. The summed E-state index contributed by atoms with van der Waals surface area (Å²) >= 11 is 0. The van der Waals surface area contributed by atoms with Gasteiger partial charge in [-0.2, -0.15) is 5.10 Å². The van der Waals surface area contributed by atoms with Gasteiger partial charge in [0, 0.05) is 23.6 Å². The molecule has 0 aromatic carbocycles. The molecule has 1 saturated heterocycles. The Morgan fingerprint density at radius 1 is 1.33 bits per heavy atom. The molecular formula is C15H25ClN4O. The molecule has 1 aliphatic heterocycles. The average Bonchev–Trinajstić information content (AvgIpc) is 2.86. The molecule has 1 amide bonds. The average molecular weight is 313 g/mol. The van der Waals surface area contributed by atoms with E-state index in [0.717, 1.165) is 13.1 Å². The molecule has 1 unspecified atom stereocenters. The summed E-state index contributed by atoms with van der Waals surface area (Å²) in [4.78, 5) is 12.1. The monoisotopic (exact) mass is 312 g/mol. The predicted octanol–water partition coefficient (Wildman–Crippen LogP) is 2.67. The van der Waals surface area contributed by atoms with Gasteiger partial charge < -0.3 is 10.6 Å². The van der Waals surface area contributed by atoms with Crippen molar-refractivity contribution in [1.29, 1.82) is 0 Å². The zero-order valence-electron chi connectivity index (χ0n) is 12.5. The summed E-state index contributed by atoms with van der Waals surface area (Å²) < 4.78 is 0. The molecule has 118 valence electrons. The van der Waals surface area contributed by atoms with E-state index in [1.165, 1.54) is 37.8 Å². The molecule has 5 nitrogen and oxygen atoms in total. The van der Waals surface area contributed by atoms with Crippen LogP contribution in [-0.4, -0.2) is 29.2 Å². The topological polar surface area (TPSA) is 69.8 Å². The van der Waals surface area contributed by atoms with E-state index < -0.39 is 0 Å². The highest BCUT2D eigenvalue weighted by Crippen LogP contribution is 2.32. The number of rotatable bonds is 4. The van der Waals surface area contributed by atoms with Crippen molar-refractivity contribution in [3.05, 3.63) is 11.8 Å². The second kappa shape index (κ2) is 7.27. The van der Waals surface area contributed by atoms with Crippen LogP contribution in [0.4, 0.5) is 5.82 Å². The molecule has 0 spiro atoms. The molecule has 0 radical (unpaired) electrons. The first-order valence-corrected chi connectivity index (χ1v) is 7.81. The highest BCUT2D eigenvalue weighted by atomic mass is 35.5. The van der Waals surface area contributed by atoms with E-state index in [1.807, 2.05) is 13.0 Å². The van der Waals surface area contributed by atoms with Crippen LogP contribution < -0.4 is 10.6 Å². The lowest BCUT2D eigenvalue weighted by molar-refractivity contribution is -0.121. The largest absolute Gasteiger partial charge is 0.316 e. The van der Waals surface area contributed by atoms with Crippen LogP contribution in [0.1, 0.15) is 50.6 Å². The SMILES string of the molecule is CC(C(=O)Nc1cc(C2CCCCC2)[nH]n1)C1CNC1.Cl. The maximum atomic E-state index is 12.1. The zero-order chi connectivity index (χ0) is 13.9.